The Morgan fingerprint density at radius 2 is 0.825 bits per heavy atom. The molecule has 1 fully saturated rings. The number of aromatic nitrogens is 8. The molecule has 5 aliphatic heterocycles. The third kappa shape index (κ3) is 17.8. The van der Waals surface area contributed by atoms with Crippen LogP contribution in [-0.4, -0.2) is 148 Å². The number of aryl methyl sites for hydroxylation is 6. The molecule has 8 aromatic rings. The lowest BCUT2D eigenvalue weighted by atomic mass is 10.1. The monoisotopic (exact) mass is 1400 g/mol. The van der Waals surface area contributed by atoms with Gasteiger partial charge in [0.1, 0.15) is 31.3 Å². The van der Waals surface area contributed by atoms with Crippen molar-refractivity contribution in [3.05, 3.63) is 195 Å². The number of anilines is 10. The zero-order chi connectivity index (χ0) is 73.8. The molecule has 29 nitrogen and oxygen atoms in total. The number of fused-ring (bicyclic) bond motifs is 4. The van der Waals surface area contributed by atoms with E-state index in [-0.39, 0.29) is 115 Å². The van der Waals surface area contributed by atoms with Crippen LogP contribution in [0.1, 0.15) is 102 Å². The van der Waals surface area contributed by atoms with E-state index in [0.29, 0.717) is 124 Å². The Balaban J connectivity index is 0.000000148. The first-order chi connectivity index (χ1) is 49.3. The van der Waals surface area contributed by atoms with Crippen LogP contribution >= 0.6 is 0 Å². The predicted octanol–water partition coefficient (Wildman–Crippen LogP) is 6.16. The fourth-order valence-electron chi connectivity index (χ4n) is 12.9. The molecule has 4 aromatic carbocycles. The van der Waals surface area contributed by atoms with Crippen LogP contribution in [0.2, 0.25) is 0 Å². The number of hydrogen-bond donors (Lipinski definition) is 7. The standard InChI is InChI=1S/C20H23N5O3.C19H22N4O3.C18H21N5O3.C17H20N4O2/c1-13-14(19(28)23-20(21-13)24-10-4-5-11-24)8-9-18(27)25-12-17(26)22-15-6-2-3-7-16(15)25;1-12-14(19(26)21-13(2)20-12)7-6-10-17(24)23-11-18(25)22(3)15-8-4-5-9-16(15)23;1-11-12(17(26)21-18(19-11)22(2)3)8-9-16(25)23-10-15(24)20-13-6-4-5-7-14(13)23;1-11-13(17(23)20-12(2)19-11)7-8-16(22)21-10-9-18-14-5-3-4-6-15(14)21/h2-3,6-7H,4-5,8-12H2,1H3,(H,22,26)(H,21,23,28);4-5,8-9H,6-7,10-11H2,1-3H3,(H,20,21,26);4-7H,8-10H2,1-3H3,(H,20,24)(H,19,21,26);3-6,18H,7-10H2,1-2H3,(H,19,20,23). The number of carbonyl (C=O) groups excluding carboxylic acids is 7. The lowest BCUT2D eigenvalue weighted by Crippen LogP contribution is -2.46. The molecular weight excluding hydrogens is 1320 g/mol. The molecular formula is C74H86N18O11. The summed E-state index contributed by atoms with van der Waals surface area (Å²) in [6.07, 6.45) is 4.97. The van der Waals surface area contributed by atoms with Crippen molar-refractivity contribution in [2.75, 3.05) is 117 Å². The van der Waals surface area contributed by atoms with E-state index in [0.717, 1.165) is 55.2 Å². The van der Waals surface area contributed by atoms with Gasteiger partial charge in [0.2, 0.25) is 53.2 Å². The Labute approximate surface area is 594 Å². The summed E-state index contributed by atoms with van der Waals surface area (Å²) in [5, 5.41) is 8.81. The number of benzene rings is 4. The number of hydrogen-bond acceptors (Lipinski definition) is 18. The summed E-state index contributed by atoms with van der Waals surface area (Å²) < 4.78 is 0. The highest BCUT2D eigenvalue weighted by atomic mass is 16.2. The summed E-state index contributed by atoms with van der Waals surface area (Å²) in [4.78, 5) is 176. The summed E-state index contributed by atoms with van der Waals surface area (Å²) in [5.41, 5.74) is 10.0. The molecule has 0 aliphatic carbocycles. The maximum Gasteiger partial charge on any atom is 0.255 e. The molecule has 9 heterocycles. The molecule has 29 heteroatoms. The number of H-pyrrole nitrogens is 4. The van der Waals surface area contributed by atoms with Gasteiger partial charge in [-0.15, -0.1) is 0 Å². The molecule has 1 saturated heterocycles. The van der Waals surface area contributed by atoms with E-state index in [2.05, 4.69) is 60.7 Å². The van der Waals surface area contributed by atoms with E-state index >= 15 is 0 Å². The van der Waals surface area contributed by atoms with Gasteiger partial charge in [-0.05, 0) is 135 Å². The number of nitrogens with zero attached hydrogens (tertiary/aromatic N) is 11. The van der Waals surface area contributed by atoms with Crippen LogP contribution in [0.15, 0.2) is 116 Å². The van der Waals surface area contributed by atoms with E-state index in [1.165, 1.54) is 14.7 Å². The number of likely N-dealkylation sites (N-methyl/N-ethyl adjacent to an activating group) is 1. The fraction of sp³-hybridized carbons (Fsp3) is 0.365. The van der Waals surface area contributed by atoms with Crippen molar-refractivity contribution in [3.8, 4) is 0 Å². The van der Waals surface area contributed by atoms with E-state index in [1.54, 1.807) is 101 Å². The molecule has 0 radical (unpaired) electrons. The van der Waals surface area contributed by atoms with Gasteiger partial charge >= 0.3 is 0 Å². The van der Waals surface area contributed by atoms with Crippen molar-refractivity contribution in [2.24, 2.45) is 0 Å². The summed E-state index contributed by atoms with van der Waals surface area (Å²) in [6.45, 7) is 13.8. The van der Waals surface area contributed by atoms with Crippen molar-refractivity contribution in [3.63, 3.8) is 0 Å². The Bertz CT molecular complexity index is 4800. The van der Waals surface area contributed by atoms with E-state index in [4.69, 9.17) is 0 Å². The van der Waals surface area contributed by atoms with Gasteiger partial charge in [-0.3, -0.25) is 62.7 Å². The molecule has 7 amide bonds. The maximum absolute atomic E-state index is 12.8. The van der Waals surface area contributed by atoms with Gasteiger partial charge in [-0.2, -0.15) is 0 Å². The van der Waals surface area contributed by atoms with Crippen molar-refractivity contribution in [1.29, 1.82) is 0 Å². The normalized spacial score (nSPS) is 14.2. The largest absolute Gasteiger partial charge is 0.382 e. The number of rotatable bonds is 15. The van der Waals surface area contributed by atoms with Gasteiger partial charge in [0.05, 0.1) is 45.5 Å². The number of nitrogens with one attached hydrogen (secondary N) is 7. The first-order valence-corrected chi connectivity index (χ1v) is 34.3. The van der Waals surface area contributed by atoms with Crippen molar-refractivity contribution < 1.29 is 33.6 Å². The average molecular weight is 1400 g/mol. The number of carbonyl (C=O) groups is 7. The van der Waals surface area contributed by atoms with Gasteiger partial charge in [0, 0.05) is 118 Å². The van der Waals surface area contributed by atoms with Gasteiger partial charge in [0.15, 0.2) is 0 Å². The Kier molecular flexibility index (Phi) is 23.7. The highest BCUT2D eigenvalue weighted by Crippen LogP contribution is 2.35. The zero-order valence-electron chi connectivity index (χ0n) is 59.4. The molecule has 0 bridgehead atoms. The number of para-hydroxylation sites is 8. The Morgan fingerprint density at radius 1 is 0.427 bits per heavy atom. The van der Waals surface area contributed by atoms with Gasteiger partial charge < -0.3 is 60.2 Å². The zero-order valence-corrected chi connectivity index (χ0v) is 59.4. The quantitative estimate of drug-likeness (QED) is 0.0604. The second-order valence-electron chi connectivity index (χ2n) is 25.8. The van der Waals surface area contributed by atoms with Crippen LogP contribution in [0.3, 0.4) is 0 Å². The van der Waals surface area contributed by atoms with Crippen molar-refractivity contribution in [2.45, 2.75) is 112 Å². The second-order valence-corrected chi connectivity index (χ2v) is 25.8. The molecule has 13 rings (SSSR count). The Morgan fingerprint density at radius 3 is 1.31 bits per heavy atom. The second kappa shape index (κ2) is 33.0. The summed E-state index contributed by atoms with van der Waals surface area (Å²) in [6, 6.07) is 29.5. The highest BCUT2D eigenvalue weighted by Gasteiger charge is 2.32. The van der Waals surface area contributed by atoms with E-state index in [9.17, 15) is 52.7 Å². The van der Waals surface area contributed by atoms with Crippen molar-refractivity contribution in [1.82, 2.24) is 39.9 Å². The molecule has 7 N–H and O–H groups in total. The molecule has 103 heavy (non-hydrogen) atoms. The fourth-order valence-corrected chi connectivity index (χ4v) is 12.9. The minimum absolute atomic E-state index is 0.0165. The molecule has 0 saturated carbocycles. The van der Waals surface area contributed by atoms with Gasteiger partial charge in [0.25, 0.3) is 22.2 Å². The minimum Gasteiger partial charge on any atom is -0.382 e. The minimum atomic E-state index is -0.245. The molecule has 0 atom stereocenters. The van der Waals surface area contributed by atoms with Gasteiger partial charge in [-0.25, -0.2) is 19.9 Å². The van der Waals surface area contributed by atoms with Crippen LogP contribution in [-0.2, 0) is 59.2 Å². The lowest BCUT2D eigenvalue weighted by molar-refractivity contribution is -0.122. The number of amides is 7. The predicted molar refractivity (Wildman–Crippen MR) is 396 cm³/mol. The Hall–Kier alpha value is -11.9. The number of aromatic amines is 4. The lowest BCUT2D eigenvalue weighted by Gasteiger charge is -2.34. The highest BCUT2D eigenvalue weighted by molar-refractivity contribution is 6.12. The van der Waals surface area contributed by atoms with Crippen LogP contribution in [0, 0.1) is 41.5 Å². The first-order valence-electron chi connectivity index (χ1n) is 34.3. The molecule has 4 aromatic heterocycles. The summed E-state index contributed by atoms with van der Waals surface area (Å²) >= 11 is 0. The molecule has 0 unspecified atom stereocenters. The van der Waals surface area contributed by atoms with Crippen LogP contribution in [0.5, 0.6) is 0 Å². The summed E-state index contributed by atoms with van der Waals surface area (Å²) in [7, 11) is 5.29. The van der Waals surface area contributed by atoms with Crippen LogP contribution < -0.4 is 72.5 Å². The molecule has 538 valence electrons. The van der Waals surface area contributed by atoms with Crippen LogP contribution in [0.4, 0.5) is 57.4 Å². The van der Waals surface area contributed by atoms with Gasteiger partial charge in [-0.1, -0.05) is 48.5 Å². The molecule has 5 aliphatic rings. The maximum atomic E-state index is 12.8. The first kappa shape index (κ1) is 73.8. The third-order valence-corrected chi connectivity index (χ3v) is 18.3. The van der Waals surface area contributed by atoms with E-state index < -0.39 is 0 Å². The molecule has 0 spiro atoms. The smallest absolute Gasteiger partial charge is 0.255 e. The van der Waals surface area contributed by atoms with Crippen LogP contribution in [0.25, 0.3) is 0 Å². The van der Waals surface area contributed by atoms with Crippen molar-refractivity contribution >= 4 is 98.7 Å². The SMILES string of the molecule is Cc1nc(C)c(CCC(=O)N2CCNc3ccccc32)c(=O)[nH]1.Cc1nc(C)c(CCCC(=O)N2CC(=O)N(C)c3ccccc32)c(=O)[nH]1.Cc1nc(N(C)C)[nH]c(=O)c1CCC(=O)N1CC(=O)Nc2ccccc21.Cc1nc(N2CCCC2)[nH]c(=O)c1CCC(=O)N1CC(=O)Nc2ccccc21. The average Bonchev–Trinajstić information content (AvgIpc) is 0.860. The third-order valence-electron chi connectivity index (χ3n) is 18.3. The van der Waals surface area contributed by atoms with E-state index in [1.807, 2.05) is 73.7 Å². The topological polar surface area (TPSA) is 361 Å². The summed E-state index contributed by atoms with van der Waals surface area (Å²) in [5.74, 6) is 1.20.